The molecule has 36 heavy (non-hydrogen) atoms. The van der Waals surface area contributed by atoms with E-state index < -0.39 is 0 Å². The monoisotopic (exact) mass is 526 g/mol. The van der Waals surface area contributed by atoms with E-state index in [1.165, 1.54) is 4.88 Å². The van der Waals surface area contributed by atoms with E-state index in [1.807, 2.05) is 43.0 Å². The van der Waals surface area contributed by atoms with Crippen molar-refractivity contribution in [2.75, 3.05) is 33.4 Å². The number of fused-ring (bicyclic) bond motifs is 1. The quantitative estimate of drug-likeness (QED) is 0.358. The summed E-state index contributed by atoms with van der Waals surface area (Å²) in [6, 6.07) is 16.1. The third-order valence-electron chi connectivity index (χ3n) is 6.13. The maximum atomic E-state index is 13.7. The van der Waals surface area contributed by atoms with Crippen LogP contribution in [0.5, 0.6) is 11.5 Å². The molecule has 6 nitrogen and oxygen atoms in total. The van der Waals surface area contributed by atoms with Crippen LogP contribution in [0.3, 0.4) is 0 Å². The lowest BCUT2D eigenvalue weighted by Gasteiger charge is -2.37. The van der Waals surface area contributed by atoms with Gasteiger partial charge in [-0.3, -0.25) is 9.59 Å². The van der Waals surface area contributed by atoms with Gasteiger partial charge in [-0.25, -0.2) is 0 Å². The number of ether oxygens (including phenoxy) is 2. The molecule has 2 heterocycles. The van der Waals surface area contributed by atoms with Gasteiger partial charge in [0.25, 0.3) is 5.91 Å². The van der Waals surface area contributed by atoms with Gasteiger partial charge >= 0.3 is 0 Å². The van der Waals surface area contributed by atoms with E-state index in [9.17, 15) is 9.59 Å². The van der Waals surface area contributed by atoms with Gasteiger partial charge in [-0.15, -0.1) is 11.3 Å². The first-order valence-electron chi connectivity index (χ1n) is 12.0. The Morgan fingerprint density at radius 2 is 1.92 bits per heavy atom. The van der Waals surface area contributed by atoms with Crippen LogP contribution < -0.4 is 9.47 Å². The zero-order valence-corrected chi connectivity index (χ0v) is 22.3. The van der Waals surface area contributed by atoms with E-state index in [0.717, 1.165) is 12.0 Å². The Bertz CT molecular complexity index is 1210. The lowest BCUT2D eigenvalue weighted by Crippen LogP contribution is -2.48. The summed E-state index contributed by atoms with van der Waals surface area (Å²) in [5.74, 6) is 1.31. The number of hydrogen-bond donors (Lipinski definition) is 0. The van der Waals surface area contributed by atoms with E-state index in [4.69, 9.17) is 21.1 Å². The molecule has 3 aromatic rings. The van der Waals surface area contributed by atoms with Crippen molar-refractivity contribution in [1.82, 2.24) is 9.80 Å². The number of carbonyl (C=O) groups is 2. The zero-order chi connectivity index (χ0) is 25.7. The van der Waals surface area contributed by atoms with Gasteiger partial charge in [0.15, 0.2) is 0 Å². The van der Waals surface area contributed by atoms with Crippen LogP contribution in [-0.2, 0) is 11.2 Å². The van der Waals surface area contributed by atoms with Crippen molar-refractivity contribution in [3.8, 4) is 11.5 Å². The first-order chi connectivity index (χ1) is 17.4. The number of methoxy groups -OCH3 is 1. The van der Waals surface area contributed by atoms with Gasteiger partial charge in [-0.2, -0.15) is 0 Å². The maximum absolute atomic E-state index is 13.7. The number of benzene rings is 2. The van der Waals surface area contributed by atoms with Crippen molar-refractivity contribution in [2.24, 2.45) is 5.92 Å². The Kier molecular flexibility index (Phi) is 8.54. The fraction of sp³-hybridized carbons (Fsp3) is 0.357. The molecule has 2 amide bonds. The van der Waals surface area contributed by atoms with Gasteiger partial charge in [0, 0.05) is 34.6 Å². The molecule has 0 bridgehead atoms. The third kappa shape index (κ3) is 6.20. The summed E-state index contributed by atoms with van der Waals surface area (Å²) in [6.07, 6.45) is 0.792. The second-order valence-electron chi connectivity index (χ2n) is 9.23. The average Bonchev–Trinajstić information content (AvgIpc) is 3.35. The van der Waals surface area contributed by atoms with Gasteiger partial charge in [0.2, 0.25) is 5.91 Å². The van der Waals surface area contributed by atoms with Crippen LogP contribution in [0.15, 0.2) is 60.0 Å². The van der Waals surface area contributed by atoms with Crippen LogP contribution in [0.4, 0.5) is 0 Å². The van der Waals surface area contributed by atoms with Crippen LogP contribution in [0.25, 0.3) is 0 Å². The molecule has 0 saturated heterocycles. The van der Waals surface area contributed by atoms with Crippen LogP contribution in [0.1, 0.15) is 40.7 Å². The number of amides is 2. The molecule has 0 fully saturated rings. The highest BCUT2D eigenvalue weighted by Gasteiger charge is 2.33. The zero-order valence-electron chi connectivity index (χ0n) is 20.8. The van der Waals surface area contributed by atoms with Crippen LogP contribution in [-0.4, -0.2) is 55.0 Å². The molecule has 0 N–H and O–H groups in total. The summed E-state index contributed by atoms with van der Waals surface area (Å²) in [7, 11) is 1.62. The summed E-state index contributed by atoms with van der Waals surface area (Å²) >= 11 is 7.83. The fourth-order valence-electron chi connectivity index (χ4n) is 4.46. The van der Waals surface area contributed by atoms with Gasteiger partial charge in [0.05, 0.1) is 13.2 Å². The minimum absolute atomic E-state index is 0.00133. The molecule has 0 saturated carbocycles. The summed E-state index contributed by atoms with van der Waals surface area (Å²) in [5, 5.41) is 2.55. The van der Waals surface area contributed by atoms with E-state index in [1.54, 1.807) is 47.6 Å². The van der Waals surface area contributed by atoms with Crippen molar-refractivity contribution in [1.29, 1.82) is 0 Å². The number of thiophene rings is 1. The first-order valence-corrected chi connectivity index (χ1v) is 13.3. The molecule has 1 aliphatic heterocycles. The predicted molar refractivity (Wildman–Crippen MR) is 143 cm³/mol. The largest absolute Gasteiger partial charge is 0.497 e. The topological polar surface area (TPSA) is 59.1 Å². The lowest BCUT2D eigenvalue weighted by atomic mass is 10.00. The van der Waals surface area contributed by atoms with E-state index in [-0.39, 0.29) is 30.3 Å². The van der Waals surface area contributed by atoms with Crippen LogP contribution >= 0.6 is 22.9 Å². The predicted octanol–water partition coefficient (Wildman–Crippen LogP) is 5.71. The molecule has 1 aromatic heterocycles. The molecule has 1 aliphatic rings. The second-order valence-corrected chi connectivity index (χ2v) is 10.7. The van der Waals surface area contributed by atoms with Gasteiger partial charge < -0.3 is 19.3 Å². The number of nitrogens with zero attached hydrogens (tertiary/aromatic N) is 2. The normalized spacial score (nSPS) is 14.9. The Morgan fingerprint density at radius 3 is 2.67 bits per heavy atom. The molecule has 190 valence electrons. The van der Waals surface area contributed by atoms with Crippen molar-refractivity contribution < 1.29 is 19.1 Å². The van der Waals surface area contributed by atoms with E-state index in [2.05, 4.69) is 11.4 Å². The van der Waals surface area contributed by atoms with Crippen LogP contribution in [0.2, 0.25) is 5.02 Å². The van der Waals surface area contributed by atoms with Crippen molar-refractivity contribution in [3.63, 3.8) is 0 Å². The smallest absolute Gasteiger partial charge is 0.254 e. The highest BCUT2D eigenvalue weighted by Crippen LogP contribution is 2.34. The first kappa shape index (κ1) is 26.0. The Morgan fingerprint density at radius 1 is 1.14 bits per heavy atom. The minimum atomic E-state index is -0.235. The van der Waals surface area contributed by atoms with Gasteiger partial charge in [0.1, 0.15) is 24.7 Å². The lowest BCUT2D eigenvalue weighted by molar-refractivity contribution is -0.135. The van der Waals surface area contributed by atoms with Gasteiger partial charge in [-0.1, -0.05) is 37.6 Å². The van der Waals surface area contributed by atoms with Crippen molar-refractivity contribution in [2.45, 2.75) is 26.3 Å². The molecule has 0 unspecified atom stereocenters. The minimum Gasteiger partial charge on any atom is -0.497 e. The molecule has 0 aliphatic carbocycles. The highest BCUT2D eigenvalue weighted by molar-refractivity contribution is 7.10. The molecular formula is C28H31ClN2O4S. The molecule has 0 spiro atoms. The van der Waals surface area contributed by atoms with Gasteiger partial charge in [-0.05, 0) is 59.7 Å². The number of halogens is 1. The SMILES string of the molecule is COc1cccc(OC[C@H]2c3ccsc3CCN2C(=O)CN(CC(C)C)C(=O)c2cccc(Cl)c2)c1. The molecule has 1 atom stereocenters. The maximum Gasteiger partial charge on any atom is 0.254 e. The number of carbonyl (C=O) groups excluding carboxylic acids is 2. The van der Waals surface area contributed by atoms with Crippen LogP contribution in [0, 0.1) is 5.92 Å². The fourth-order valence-corrected chi connectivity index (χ4v) is 5.58. The summed E-state index contributed by atoms with van der Waals surface area (Å²) < 4.78 is 11.4. The third-order valence-corrected chi connectivity index (χ3v) is 7.37. The molecule has 0 radical (unpaired) electrons. The molecule has 2 aromatic carbocycles. The van der Waals surface area contributed by atoms with Crippen molar-refractivity contribution in [3.05, 3.63) is 81.0 Å². The molecule has 8 heteroatoms. The molecular weight excluding hydrogens is 496 g/mol. The number of hydrogen-bond acceptors (Lipinski definition) is 5. The second kappa shape index (κ2) is 11.8. The highest BCUT2D eigenvalue weighted by atomic mass is 35.5. The van der Waals surface area contributed by atoms with Crippen molar-refractivity contribution >= 4 is 34.8 Å². The summed E-state index contributed by atoms with van der Waals surface area (Å²) in [6.45, 7) is 5.44. The molecule has 4 rings (SSSR count). The number of rotatable bonds is 9. The summed E-state index contributed by atoms with van der Waals surface area (Å²) in [5.41, 5.74) is 1.59. The standard InChI is InChI=1S/C28H31ClN2O4S/c1-19(2)16-30(28(33)20-6-4-7-21(29)14-20)17-27(32)31-12-10-26-24(11-13-36-26)25(31)18-35-23-9-5-8-22(15-23)34-3/h4-9,11,13-15,19,25H,10,12,16-18H2,1-3H3/t25-/m0/s1. The van der Waals surface area contributed by atoms with E-state index >= 15 is 0 Å². The van der Waals surface area contributed by atoms with E-state index in [0.29, 0.717) is 41.8 Å². The average molecular weight is 527 g/mol. The Balaban J connectivity index is 1.54. The summed E-state index contributed by atoms with van der Waals surface area (Å²) in [4.78, 5) is 31.8. The Labute approximate surface area is 221 Å². The Hall–Kier alpha value is -3.03.